The van der Waals surface area contributed by atoms with Gasteiger partial charge in [0, 0.05) is 12.4 Å². The standard InChI is InChI=1S/C15H12F2N2O/c1-10(13-6-3-9-20-13)19-8-7-18-15(19)11-4-2-5-12(16)14(11)17/h2-10H,1H3. The summed E-state index contributed by atoms with van der Waals surface area (Å²) >= 11 is 0. The zero-order valence-corrected chi connectivity index (χ0v) is 10.8. The van der Waals surface area contributed by atoms with E-state index in [0.717, 1.165) is 11.8 Å². The highest BCUT2D eigenvalue weighted by Gasteiger charge is 2.19. The van der Waals surface area contributed by atoms with Gasteiger partial charge in [0.15, 0.2) is 11.6 Å². The third-order valence-corrected chi connectivity index (χ3v) is 3.23. The SMILES string of the molecule is CC(c1ccco1)n1ccnc1-c1cccc(F)c1F. The Balaban J connectivity index is 2.09. The summed E-state index contributed by atoms with van der Waals surface area (Å²) in [5.41, 5.74) is 0.133. The van der Waals surface area contributed by atoms with Crippen LogP contribution in [-0.2, 0) is 0 Å². The maximum atomic E-state index is 13.9. The highest BCUT2D eigenvalue weighted by Crippen LogP contribution is 2.28. The van der Waals surface area contributed by atoms with Gasteiger partial charge in [-0.05, 0) is 31.2 Å². The van der Waals surface area contributed by atoms with Gasteiger partial charge in [0.1, 0.15) is 11.6 Å². The predicted octanol–water partition coefficient (Wildman–Crippen LogP) is 4.03. The molecule has 3 rings (SSSR count). The van der Waals surface area contributed by atoms with Crippen LogP contribution in [0, 0.1) is 11.6 Å². The first-order valence-corrected chi connectivity index (χ1v) is 6.19. The zero-order valence-electron chi connectivity index (χ0n) is 10.8. The molecule has 1 atom stereocenters. The molecular formula is C15H12F2N2O. The topological polar surface area (TPSA) is 31.0 Å². The van der Waals surface area contributed by atoms with Crippen LogP contribution < -0.4 is 0 Å². The molecular weight excluding hydrogens is 262 g/mol. The monoisotopic (exact) mass is 274 g/mol. The summed E-state index contributed by atoms with van der Waals surface area (Å²) in [6.45, 7) is 1.90. The van der Waals surface area contributed by atoms with Gasteiger partial charge in [-0.25, -0.2) is 13.8 Å². The molecule has 0 amide bonds. The minimum atomic E-state index is -0.897. The molecule has 0 radical (unpaired) electrons. The maximum absolute atomic E-state index is 13.9. The second-order valence-corrected chi connectivity index (χ2v) is 4.45. The van der Waals surface area contributed by atoms with E-state index in [4.69, 9.17) is 4.42 Å². The Bertz CT molecular complexity index is 719. The van der Waals surface area contributed by atoms with Gasteiger partial charge in [-0.1, -0.05) is 6.07 Å². The molecule has 3 aromatic rings. The lowest BCUT2D eigenvalue weighted by Crippen LogP contribution is -2.07. The first-order chi connectivity index (χ1) is 9.68. The maximum Gasteiger partial charge on any atom is 0.169 e. The second kappa shape index (κ2) is 4.92. The van der Waals surface area contributed by atoms with Crippen LogP contribution in [0.5, 0.6) is 0 Å². The van der Waals surface area contributed by atoms with E-state index >= 15 is 0 Å². The minimum absolute atomic E-state index is 0.133. The van der Waals surface area contributed by atoms with Crippen LogP contribution in [0.1, 0.15) is 18.7 Å². The molecule has 2 aromatic heterocycles. The largest absolute Gasteiger partial charge is 0.467 e. The average Bonchev–Trinajstić information content (AvgIpc) is 3.11. The van der Waals surface area contributed by atoms with Crippen LogP contribution in [0.2, 0.25) is 0 Å². The molecule has 0 aliphatic heterocycles. The zero-order chi connectivity index (χ0) is 14.1. The van der Waals surface area contributed by atoms with Crippen molar-refractivity contribution in [3.05, 3.63) is 66.4 Å². The summed E-state index contributed by atoms with van der Waals surface area (Å²) in [5.74, 6) is -0.693. The highest BCUT2D eigenvalue weighted by molar-refractivity contribution is 5.57. The van der Waals surface area contributed by atoms with E-state index in [-0.39, 0.29) is 11.6 Å². The van der Waals surface area contributed by atoms with E-state index in [1.165, 1.54) is 12.1 Å². The molecule has 3 nitrogen and oxygen atoms in total. The van der Waals surface area contributed by atoms with Gasteiger partial charge in [-0.2, -0.15) is 0 Å². The molecule has 1 unspecified atom stereocenters. The van der Waals surface area contributed by atoms with Gasteiger partial charge in [-0.3, -0.25) is 0 Å². The molecule has 0 fully saturated rings. The normalized spacial score (nSPS) is 12.6. The molecule has 0 bridgehead atoms. The van der Waals surface area contributed by atoms with E-state index in [0.29, 0.717) is 5.82 Å². The summed E-state index contributed by atoms with van der Waals surface area (Å²) in [6.07, 6.45) is 4.84. The van der Waals surface area contributed by atoms with E-state index in [1.54, 1.807) is 29.3 Å². The summed E-state index contributed by atoms with van der Waals surface area (Å²) in [5, 5.41) is 0. The Morgan fingerprint density at radius 1 is 1.20 bits per heavy atom. The molecule has 0 N–H and O–H groups in total. The predicted molar refractivity (Wildman–Crippen MR) is 70.1 cm³/mol. The summed E-state index contributed by atoms with van der Waals surface area (Å²) in [6, 6.07) is 7.50. The van der Waals surface area contributed by atoms with Gasteiger partial charge < -0.3 is 8.98 Å². The van der Waals surface area contributed by atoms with Crippen molar-refractivity contribution < 1.29 is 13.2 Å². The lowest BCUT2D eigenvalue weighted by atomic mass is 10.1. The van der Waals surface area contributed by atoms with Crippen LogP contribution in [0.4, 0.5) is 8.78 Å². The number of imidazole rings is 1. The Kier molecular flexibility index (Phi) is 3.10. The van der Waals surface area contributed by atoms with Crippen LogP contribution in [0.15, 0.2) is 53.4 Å². The van der Waals surface area contributed by atoms with Crippen molar-refractivity contribution in [1.82, 2.24) is 9.55 Å². The van der Waals surface area contributed by atoms with Gasteiger partial charge in [0.25, 0.3) is 0 Å². The van der Waals surface area contributed by atoms with Crippen molar-refractivity contribution in [3.63, 3.8) is 0 Å². The molecule has 20 heavy (non-hydrogen) atoms. The number of aromatic nitrogens is 2. The summed E-state index contributed by atoms with van der Waals surface area (Å²) < 4.78 is 34.3. The van der Waals surface area contributed by atoms with Crippen molar-refractivity contribution in [3.8, 4) is 11.4 Å². The Morgan fingerprint density at radius 3 is 2.80 bits per heavy atom. The molecule has 5 heteroatoms. The van der Waals surface area contributed by atoms with Crippen molar-refractivity contribution in [1.29, 1.82) is 0 Å². The van der Waals surface area contributed by atoms with Crippen molar-refractivity contribution in [2.45, 2.75) is 13.0 Å². The Hall–Kier alpha value is -2.43. The summed E-state index contributed by atoms with van der Waals surface area (Å²) in [7, 11) is 0. The van der Waals surface area contributed by atoms with Crippen LogP contribution >= 0.6 is 0 Å². The quantitative estimate of drug-likeness (QED) is 0.722. The van der Waals surface area contributed by atoms with Crippen LogP contribution in [0.25, 0.3) is 11.4 Å². The average molecular weight is 274 g/mol. The highest BCUT2D eigenvalue weighted by atomic mass is 19.2. The Morgan fingerprint density at radius 2 is 2.05 bits per heavy atom. The first-order valence-electron chi connectivity index (χ1n) is 6.19. The number of hydrogen-bond donors (Lipinski definition) is 0. The van der Waals surface area contributed by atoms with Gasteiger partial charge in [0.05, 0.1) is 17.9 Å². The van der Waals surface area contributed by atoms with E-state index < -0.39 is 11.6 Å². The van der Waals surface area contributed by atoms with Gasteiger partial charge in [0.2, 0.25) is 0 Å². The fourth-order valence-electron chi connectivity index (χ4n) is 2.18. The Labute approximate surface area is 114 Å². The van der Waals surface area contributed by atoms with E-state index in [2.05, 4.69) is 4.98 Å². The van der Waals surface area contributed by atoms with Crippen molar-refractivity contribution >= 4 is 0 Å². The second-order valence-electron chi connectivity index (χ2n) is 4.45. The lowest BCUT2D eigenvalue weighted by molar-refractivity contribution is 0.447. The third-order valence-electron chi connectivity index (χ3n) is 3.23. The molecule has 0 saturated heterocycles. The minimum Gasteiger partial charge on any atom is -0.467 e. The molecule has 0 spiro atoms. The number of benzene rings is 1. The fraction of sp³-hybridized carbons (Fsp3) is 0.133. The molecule has 0 aliphatic rings. The number of nitrogens with zero attached hydrogens (tertiary/aromatic N) is 2. The third kappa shape index (κ3) is 2.01. The lowest BCUT2D eigenvalue weighted by Gasteiger charge is -2.14. The van der Waals surface area contributed by atoms with Crippen molar-refractivity contribution in [2.24, 2.45) is 0 Å². The molecule has 102 valence electrons. The number of rotatable bonds is 3. The summed E-state index contributed by atoms with van der Waals surface area (Å²) in [4.78, 5) is 4.13. The van der Waals surface area contributed by atoms with Gasteiger partial charge >= 0.3 is 0 Å². The van der Waals surface area contributed by atoms with E-state index in [9.17, 15) is 8.78 Å². The smallest absolute Gasteiger partial charge is 0.169 e. The first kappa shape index (κ1) is 12.6. The molecule has 0 saturated carbocycles. The number of hydrogen-bond acceptors (Lipinski definition) is 2. The van der Waals surface area contributed by atoms with Crippen LogP contribution in [-0.4, -0.2) is 9.55 Å². The number of furan rings is 1. The number of halogens is 2. The van der Waals surface area contributed by atoms with E-state index in [1.807, 2.05) is 13.0 Å². The van der Waals surface area contributed by atoms with Crippen LogP contribution in [0.3, 0.4) is 0 Å². The fourth-order valence-corrected chi connectivity index (χ4v) is 2.18. The van der Waals surface area contributed by atoms with Gasteiger partial charge in [-0.15, -0.1) is 0 Å². The molecule has 0 aliphatic carbocycles. The molecule has 1 aromatic carbocycles. The molecule has 2 heterocycles. The van der Waals surface area contributed by atoms with Crippen molar-refractivity contribution in [2.75, 3.05) is 0 Å².